The Hall–Kier alpha value is -1.94. The molecule has 1 aliphatic rings. The molecule has 4 heteroatoms. The van der Waals surface area contributed by atoms with Crippen LogP contribution in [0.15, 0.2) is 59.5 Å². The lowest BCUT2D eigenvalue weighted by Crippen LogP contribution is -2.39. The van der Waals surface area contributed by atoms with E-state index in [1.165, 1.54) is 18.4 Å². The standard InChI is InChI=1S/C20H23NO2S/c1-24(23)18-11-9-16(10-12-18)19(22)21-15-20(13-5-6-14-20)17-7-3-2-4-8-17/h2-4,7-12H,5-6,13-15H2,1H3,(H,21,22). The zero-order valence-electron chi connectivity index (χ0n) is 14.0. The van der Waals surface area contributed by atoms with Gasteiger partial charge in [-0.05, 0) is 42.7 Å². The van der Waals surface area contributed by atoms with Crippen LogP contribution < -0.4 is 5.32 Å². The molecule has 1 saturated carbocycles. The minimum Gasteiger partial charge on any atom is -0.351 e. The van der Waals surface area contributed by atoms with Gasteiger partial charge in [-0.3, -0.25) is 9.00 Å². The molecule has 0 saturated heterocycles. The van der Waals surface area contributed by atoms with E-state index >= 15 is 0 Å². The maximum atomic E-state index is 12.5. The van der Waals surface area contributed by atoms with Crippen molar-refractivity contribution in [2.75, 3.05) is 12.8 Å². The molecule has 24 heavy (non-hydrogen) atoms. The van der Waals surface area contributed by atoms with E-state index in [1.54, 1.807) is 30.5 Å². The fourth-order valence-electron chi connectivity index (χ4n) is 3.56. The number of benzene rings is 2. The first-order valence-corrected chi connectivity index (χ1v) is 9.94. The molecule has 2 aromatic carbocycles. The predicted molar refractivity (Wildman–Crippen MR) is 97.7 cm³/mol. The molecule has 1 unspecified atom stereocenters. The van der Waals surface area contributed by atoms with Crippen LogP contribution >= 0.6 is 0 Å². The van der Waals surface area contributed by atoms with Crippen molar-refractivity contribution in [2.45, 2.75) is 36.0 Å². The van der Waals surface area contributed by atoms with Crippen molar-refractivity contribution in [1.29, 1.82) is 0 Å². The van der Waals surface area contributed by atoms with E-state index in [-0.39, 0.29) is 11.3 Å². The Balaban J connectivity index is 1.71. The van der Waals surface area contributed by atoms with Crippen molar-refractivity contribution in [3.63, 3.8) is 0 Å². The number of rotatable bonds is 5. The normalized spacial score (nSPS) is 17.4. The molecule has 1 atom stereocenters. The van der Waals surface area contributed by atoms with Crippen LogP contribution in [-0.4, -0.2) is 22.9 Å². The van der Waals surface area contributed by atoms with Crippen molar-refractivity contribution < 1.29 is 9.00 Å². The number of carbonyl (C=O) groups excluding carboxylic acids is 1. The largest absolute Gasteiger partial charge is 0.351 e. The summed E-state index contributed by atoms with van der Waals surface area (Å²) in [4.78, 5) is 13.2. The second-order valence-electron chi connectivity index (χ2n) is 6.51. The molecule has 2 aromatic rings. The van der Waals surface area contributed by atoms with Crippen molar-refractivity contribution in [2.24, 2.45) is 0 Å². The van der Waals surface area contributed by atoms with Crippen molar-refractivity contribution >= 4 is 16.7 Å². The topological polar surface area (TPSA) is 46.2 Å². The molecule has 0 aromatic heterocycles. The summed E-state index contributed by atoms with van der Waals surface area (Å²) in [5.41, 5.74) is 1.99. The summed E-state index contributed by atoms with van der Waals surface area (Å²) in [5, 5.41) is 3.11. The van der Waals surface area contributed by atoms with E-state index in [0.29, 0.717) is 12.1 Å². The van der Waals surface area contributed by atoms with Crippen LogP contribution in [0.5, 0.6) is 0 Å². The second-order valence-corrected chi connectivity index (χ2v) is 7.89. The van der Waals surface area contributed by atoms with Crippen molar-refractivity contribution in [3.05, 3.63) is 65.7 Å². The van der Waals surface area contributed by atoms with Gasteiger partial charge in [0.1, 0.15) is 0 Å². The Labute approximate surface area is 145 Å². The molecule has 1 aliphatic carbocycles. The summed E-state index contributed by atoms with van der Waals surface area (Å²) >= 11 is 0. The number of nitrogens with one attached hydrogen (secondary N) is 1. The monoisotopic (exact) mass is 341 g/mol. The van der Waals surface area contributed by atoms with Crippen LogP contribution in [-0.2, 0) is 16.2 Å². The van der Waals surface area contributed by atoms with Crippen LogP contribution in [0.1, 0.15) is 41.6 Å². The van der Waals surface area contributed by atoms with Crippen molar-refractivity contribution in [1.82, 2.24) is 5.32 Å². The van der Waals surface area contributed by atoms with Crippen LogP contribution in [0.2, 0.25) is 0 Å². The Morgan fingerprint density at radius 1 is 1.04 bits per heavy atom. The Bertz CT molecular complexity index is 719. The molecule has 0 radical (unpaired) electrons. The summed E-state index contributed by atoms with van der Waals surface area (Å²) < 4.78 is 11.4. The van der Waals surface area contributed by atoms with Gasteiger partial charge in [-0.25, -0.2) is 0 Å². The fraction of sp³-hybridized carbons (Fsp3) is 0.350. The highest BCUT2D eigenvalue weighted by molar-refractivity contribution is 7.84. The summed E-state index contributed by atoms with van der Waals surface area (Å²) in [6.07, 6.45) is 6.29. The van der Waals surface area contributed by atoms with Crippen LogP contribution in [0.4, 0.5) is 0 Å². The lowest BCUT2D eigenvalue weighted by molar-refractivity contribution is 0.0943. The molecule has 0 bridgehead atoms. The van der Waals surface area contributed by atoms with Gasteiger partial charge in [0.25, 0.3) is 5.91 Å². The maximum Gasteiger partial charge on any atom is 0.251 e. The zero-order chi connectivity index (χ0) is 17.0. The van der Waals surface area contributed by atoms with Gasteiger partial charge in [0.15, 0.2) is 0 Å². The zero-order valence-corrected chi connectivity index (χ0v) is 14.8. The van der Waals surface area contributed by atoms with Gasteiger partial charge in [-0.15, -0.1) is 0 Å². The molecule has 1 fully saturated rings. The lowest BCUT2D eigenvalue weighted by Gasteiger charge is -2.30. The smallest absolute Gasteiger partial charge is 0.251 e. The number of hydrogen-bond acceptors (Lipinski definition) is 2. The molecule has 3 nitrogen and oxygen atoms in total. The molecule has 1 amide bonds. The van der Waals surface area contributed by atoms with Crippen LogP contribution in [0.25, 0.3) is 0 Å². The summed E-state index contributed by atoms with van der Waals surface area (Å²) in [7, 11) is -1.02. The van der Waals surface area contributed by atoms with E-state index in [4.69, 9.17) is 0 Å². The van der Waals surface area contributed by atoms with Gasteiger partial charge in [0.2, 0.25) is 0 Å². The van der Waals surface area contributed by atoms with E-state index in [2.05, 4.69) is 29.6 Å². The van der Waals surface area contributed by atoms with E-state index in [0.717, 1.165) is 17.7 Å². The van der Waals surface area contributed by atoms with Gasteiger partial charge in [0.05, 0.1) is 0 Å². The number of carbonyl (C=O) groups is 1. The van der Waals surface area contributed by atoms with Gasteiger partial charge < -0.3 is 5.32 Å². The molecule has 0 aliphatic heterocycles. The SMILES string of the molecule is CS(=O)c1ccc(C(=O)NCC2(c3ccccc3)CCCC2)cc1. The van der Waals surface area contributed by atoms with Crippen molar-refractivity contribution in [3.8, 4) is 0 Å². The average Bonchev–Trinajstić information content (AvgIpc) is 3.11. The summed E-state index contributed by atoms with van der Waals surface area (Å²) in [5.74, 6) is -0.0642. The minimum absolute atomic E-state index is 0.0573. The molecule has 1 N–H and O–H groups in total. The van der Waals surface area contributed by atoms with Crippen LogP contribution in [0.3, 0.4) is 0 Å². The second kappa shape index (κ2) is 7.31. The first-order valence-electron chi connectivity index (χ1n) is 8.38. The molecule has 3 rings (SSSR count). The van der Waals surface area contributed by atoms with Gasteiger partial charge >= 0.3 is 0 Å². The maximum absolute atomic E-state index is 12.5. The Morgan fingerprint density at radius 2 is 1.67 bits per heavy atom. The minimum atomic E-state index is -1.02. The van der Waals surface area contributed by atoms with E-state index in [1.807, 2.05) is 6.07 Å². The highest BCUT2D eigenvalue weighted by Crippen LogP contribution is 2.40. The lowest BCUT2D eigenvalue weighted by atomic mass is 9.79. The van der Waals surface area contributed by atoms with Gasteiger partial charge in [-0.2, -0.15) is 0 Å². The highest BCUT2D eigenvalue weighted by atomic mass is 32.2. The number of hydrogen-bond donors (Lipinski definition) is 1. The summed E-state index contributed by atoms with van der Waals surface area (Å²) in [6.45, 7) is 0.664. The first kappa shape index (κ1) is 16.9. The third kappa shape index (κ3) is 3.59. The van der Waals surface area contributed by atoms with E-state index in [9.17, 15) is 9.00 Å². The summed E-state index contributed by atoms with van der Waals surface area (Å²) in [6, 6.07) is 17.5. The molecular weight excluding hydrogens is 318 g/mol. The molecular formula is C20H23NO2S. The molecule has 126 valence electrons. The predicted octanol–water partition coefficient (Wildman–Crippen LogP) is 3.67. The first-order chi connectivity index (χ1) is 11.6. The van der Waals surface area contributed by atoms with E-state index < -0.39 is 10.8 Å². The van der Waals surface area contributed by atoms with Gasteiger partial charge in [0, 0.05) is 39.5 Å². The Kier molecular flexibility index (Phi) is 5.14. The third-order valence-electron chi connectivity index (χ3n) is 4.98. The third-order valence-corrected chi connectivity index (χ3v) is 5.92. The van der Waals surface area contributed by atoms with Gasteiger partial charge in [-0.1, -0.05) is 43.2 Å². The Morgan fingerprint density at radius 3 is 2.25 bits per heavy atom. The quantitative estimate of drug-likeness (QED) is 0.902. The average molecular weight is 341 g/mol. The number of amides is 1. The van der Waals surface area contributed by atoms with Crippen LogP contribution in [0, 0.1) is 0 Å². The molecule has 0 heterocycles. The fourth-order valence-corrected chi connectivity index (χ4v) is 4.08. The highest BCUT2D eigenvalue weighted by Gasteiger charge is 2.35. The molecule has 0 spiro atoms.